The number of benzene rings is 1. The quantitative estimate of drug-likeness (QED) is 0.794. The Morgan fingerprint density at radius 1 is 1.20 bits per heavy atom. The van der Waals surface area contributed by atoms with Gasteiger partial charge in [-0.1, -0.05) is 18.7 Å². The van der Waals surface area contributed by atoms with E-state index in [2.05, 4.69) is 23.6 Å². The van der Waals surface area contributed by atoms with Crippen molar-refractivity contribution in [2.24, 2.45) is 5.14 Å². The maximum absolute atomic E-state index is 5.48. The zero-order valence-corrected chi connectivity index (χ0v) is 9.59. The third-order valence-corrected chi connectivity index (χ3v) is 3.36. The molecule has 0 saturated carbocycles. The van der Waals surface area contributed by atoms with E-state index in [1.54, 1.807) is 0 Å². The minimum absolute atomic E-state index is 1.09. The highest BCUT2D eigenvalue weighted by molar-refractivity contribution is 7.97. The van der Waals surface area contributed by atoms with Gasteiger partial charge in [-0.15, -0.1) is 0 Å². The van der Waals surface area contributed by atoms with Crippen molar-refractivity contribution >= 4 is 17.6 Å². The zero-order valence-electron chi connectivity index (χ0n) is 8.78. The molecule has 0 aliphatic carbocycles. The Balaban J connectivity index is 2.11. The molecule has 80 valence electrons. The summed E-state index contributed by atoms with van der Waals surface area (Å²) in [6, 6.07) is 8.27. The largest absolute Gasteiger partial charge is 0.372 e. The van der Waals surface area contributed by atoms with Crippen molar-refractivity contribution in [3.05, 3.63) is 36.4 Å². The Morgan fingerprint density at radius 2 is 1.80 bits per heavy atom. The zero-order chi connectivity index (χ0) is 10.7. The average Bonchev–Trinajstić information content (AvgIpc) is 2.82. The van der Waals surface area contributed by atoms with Gasteiger partial charge in [-0.25, -0.2) is 0 Å². The molecule has 1 heterocycles. The highest BCUT2D eigenvalue weighted by Gasteiger charge is 2.14. The van der Waals surface area contributed by atoms with Gasteiger partial charge in [-0.2, -0.15) is 0 Å². The molecule has 0 radical (unpaired) electrons. The van der Waals surface area contributed by atoms with Gasteiger partial charge in [0.15, 0.2) is 0 Å². The molecule has 1 aromatic carbocycles. The van der Waals surface area contributed by atoms with Gasteiger partial charge in [0.2, 0.25) is 0 Å². The SMILES string of the molecule is C=C(c1ccc(SN)cc1)N1CCCC1. The van der Waals surface area contributed by atoms with Gasteiger partial charge < -0.3 is 4.90 Å². The predicted molar refractivity (Wildman–Crippen MR) is 66.3 cm³/mol. The van der Waals surface area contributed by atoms with E-state index in [1.165, 1.54) is 30.4 Å². The topological polar surface area (TPSA) is 29.3 Å². The molecular weight excluding hydrogens is 204 g/mol. The molecule has 3 heteroatoms. The summed E-state index contributed by atoms with van der Waals surface area (Å²) in [6.45, 7) is 6.44. The molecule has 2 N–H and O–H groups in total. The first-order valence-corrected chi connectivity index (χ1v) is 6.10. The van der Waals surface area contributed by atoms with Gasteiger partial charge in [0.05, 0.1) is 0 Å². The molecule has 1 saturated heterocycles. The fraction of sp³-hybridized carbons (Fsp3) is 0.333. The van der Waals surface area contributed by atoms with E-state index in [4.69, 9.17) is 5.14 Å². The van der Waals surface area contributed by atoms with Crippen molar-refractivity contribution in [1.29, 1.82) is 0 Å². The highest BCUT2D eigenvalue weighted by atomic mass is 32.2. The second kappa shape index (κ2) is 4.73. The second-order valence-electron chi connectivity index (χ2n) is 3.78. The van der Waals surface area contributed by atoms with Crippen LogP contribution in [0.4, 0.5) is 0 Å². The Labute approximate surface area is 95.3 Å². The number of hydrogen-bond acceptors (Lipinski definition) is 3. The molecule has 1 aromatic rings. The lowest BCUT2D eigenvalue weighted by Gasteiger charge is -2.20. The van der Waals surface area contributed by atoms with E-state index in [-0.39, 0.29) is 0 Å². The summed E-state index contributed by atoms with van der Waals surface area (Å²) in [5.41, 5.74) is 2.34. The van der Waals surface area contributed by atoms with Gasteiger partial charge in [0.25, 0.3) is 0 Å². The third kappa shape index (κ3) is 2.36. The molecule has 1 fully saturated rings. The van der Waals surface area contributed by atoms with Crippen LogP contribution in [-0.2, 0) is 0 Å². The van der Waals surface area contributed by atoms with Gasteiger partial charge in [-0.3, -0.25) is 5.14 Å². The van der Waals surface area contributed by atoms with Crippen LogP contribution >= 0.6 is 11.9 Å². The molecule has 0 amide bonds. The van der Waals surface area contributed by atoms with Gasteiger partial charge in [0.1, 0.15) is 0 Å². The average molecular weight is 220 g/mol. The first-order chi connectivity index (χ1) is 7.31. The Morgan fingerprint density at radius 3 is 2.33 bits per heavy atom. The monoisotopic (exact) mass is 220 g/mol. The van der Waals surface area contributed by atoms with E-state index in [9.17, 15) is 0 Å². The van der Waals surface area contributed by atoms with E-state index in [0.29, 0.717) is 0 Å². The first-order valence-electron chi connectivity index (χ1n) is 5.22. The molecule has 1 aliphatic rings. The minimum Gasteiger partial charge on any atom is -0.372 e. The molecule has 15 heavy (non-hydrogen) atoms. The second-order valence-corrected chi connectivity index (χ2v) is 4.49. The number of likely N-dealkylation sites (tertiary alicyclic amines) is 1. The lowest BCUT2D eigenvalue weighted by Crippen LogP contribution is -2.16. The number of nitrogens with zero attached hydrogens (tertiary/aromatic N) is 1. The summed E-state index contributed by atoms with van der Waals surface area (Å²) in [5.74, 6) is 0. The van der Waals surface area contributed by atoms with E-state index in [1.807, 2.05) is 12.1 Å². The number of hydrogen-bond donors (Lipinski definition) is 1. The first kappa shape index (κ1) is 10.6. The van der Waals surface area contributed by atoms with Crippen LogP contribution in [0.2, 0.25) is 0 Å². The number of rotatable bonds is 3. The van der Waals surface area contributed by atoms with E-state index < -0.39 is 0 Å². The normalized spacial score (nSPS) is 15.7. The van der Waals surface area contributed by atoms with Crippen LogP contribution in [0.3, 0.4) is 0 Å². The van der Waals surface area contributed by atoms with Crippen molar-refractivity contribution in [2.75, 3.05) is 13.1 Å². The maximum Gasteiger partial charge on any atom is 0.0366 e. The highest BCUT2D eigenvalue weighted by Crippen LogP contribution is 2.23. The molecule has 2 nitrogen and oxygen atoms in total. The fourth-order valence-electron chi connectivity index (χ4n) is 1.90. The van der Waals surface area contributed by atoms with E-state index in [0.717, 1.165) is 23.7 Å². The van der Waals surface area contributed by atoms with Gasteiger partial charge in [-0.05, 0) is 42.5 Å². The van der Waals surface area contributed by atoms with Crippen LogP contribution in [0.5, 0.6) is 0 Å². The van der Waals surface area contributed by atoms with E-state index >= 15 is 0 Å². The smallest absolute Gasteiger partial charge is 0.0366 e. The van der Waals surface area contributed by atoms with Crippen molar-refractivity contribution < 1.29 is 0 Å². The molecule has 0 unspecified atom stereocenters. The molecule has 2 rings (SSSR count). The fourth-order valence-corrected chi connectivity index (χ4v) is 2.19. The standard InChI is InChI=1S/C12H16N2S/c1-10(14-8-2-3-9-14)11-4-6-12(15-13)7-5-11/h4-7H,1-3,8-9,13H2. The molecule has 0 spiro atoms. The van der Waals surface area contributed by atoms with Crippen LogP contribution in [0.25, 0.3) is 5.70 Å². The van der Waals surface area contributed by atoms with Crippen LogP contribution in [0.15, 0.2) is 35.7 Å². The summed E-state index contributed by atoms with van der Waals surface area (Å²) >= 11 is 1.28. The van der Waals surface area contributed by atoms with Crippen LogP contribution < -0.4 is 5.14 Å². The van der Waals surface area contributed by atoms with Crippen molar-refractivity contribution in [3.63, 3.8) is 0 Å². The minimum atomic E-state index is 1.09. The van der Waals surface area contributed by atoms with Crippen molar-refractivity contribution in [2.45, 2.75) is 17.7 Å². The molecule has 0 bridgehead atoms. The van der Waals surface area contributed by atoms with Crippen molar-refractivity contribution in [3.8, 4) is 0 Å². The van der Waals surface area contributed by atoms with Gasteiger partial charge in [0, 0.05) is 23.7 Å². The van der Waals surface area contributed by atoms with Crippen LogP contribution in [-0.4, -0.2) is 18.0 Å². The Kier molecular flexibility index (Phi) is 3.34. The third-order valence-electron chi connectivity index (χ3n) is 2.81. The number of nitrogens with two attached hydrogens (primary N) is 1. The summed E-state index contributed by atoms with van der Waals surface area (Å²) < 4.78 is 0. The summed E-state index contributed by atoms with van der Waals surface area (Å²) in [5, 5.41) is 5.48. The molecular formula is C12H16N2S. The maximum atomic E-state index is 5.48. The lowest BCUT2D eigenvalue weighted by atomic mass is 10.1. The summed E-state index contributed by atoms with van der Waals surface area (Å²) in [7, 11) is 0. The summed E-state index contributed by atoms with van der Waals surface area (Å²) in [4.78, 5) is 3.44. The molecule has 0 aromatic heterocycles. The summed E-state index contributed by atoms with van der Waals surface area (Å²) in [6.07, 6.45) is 2.57. The predicted octanol–water partition coefficient (Wildman–Crippen LogP) is 2.72. The van der Waals surface area contributed by atoms with Crippen LogP contribution in [0, 0.1) is 0 Å². The lowest BCUT2D eigenvalue weighted by molar-refractivity contribution is 0.494. The molecule has 1 aliphatic heterocycles. The van der Waals surface area contributed by atoms with Crippen LogP contribution in [0.1, 0.15) is 18.4 Å². The Bertz CT molecular complexity index is 339. The van der Waals surface area contributed by atoms with Crippen molar-refractivity contribution in [1.82, 2.24) is 4.90 Å². The molecule has 0 atom stereocenters. The van der Waals surface area contributed by atoms with Gasteiger partial charge >= 0.3 is 0 Å². The Hall–Kier alpha value is -0.930.